The zero-order valence-electron chi connectivity index (χ0n) is 14.2. The Kier molecular flexibility index (Phi) is 10.4. The van der Waals surface area contributed by atoms with Crippen molar-refractivity contribution in [1.29, 1.82) is 0 Å². The highest BCUT2D eigenvalue weighted by Gasteiger charge is 2.30. The molecule has 0 amide bonds. The van der Waals surface area contributed by atoms with Crippen molar-refractivity contribution in [2.75, 3.05) is 0 Å². The molecule has 0 spiro atoms. The lowest BCUT2D eigenvalue weighted by Crippen LogP contribution is -2.12. The van der Waals surface area contributed by atoms with Gasteiger partial charge in [0.1, 0.15) is 0 Å². The van der Waals surface area contributed by atoms with E-state index < -0.39 is 5.38 Å². The van der Waals surface area contributed by atoms with Crippen molar-refractivity contribution in [3.63, 3.8) is 0 Å². The molecule has 0 radical (unpaired) electrons. The molecule has 27 heavy (non-hydrogen) atoms. The van der Waals surface area contributed by atoms with Gasteiger partial charge in [0.15, 0.2) is 22.1 Å². The molecule has 0 unspecified atom stereocenters. The quantitative estimate of drug-likeness (QED) is 0.257. The number of rotatable bonds is 2. The number of carbonyl (C=O) groups excluding carboxylic acids is 2. The van der Waals surface area contributed by atoms with Crippen LogP contribution >= 0.6 is 23.2 Å². The minimum absolute atomic E-state index is 0.112. The minimum Gasteiger partial charge on any atom is -0.411 e. The average molecular weight is 409 g/mol. The highest BCUT2D eigenvalue weighted by atomic mass is 35.5. The lowest BCUT2D eigenvalue weighted by atomic mass is 10.2. The summed E-state index contributed by atoms with van der Waals surface area (Å²) in [5.41, 5.74) is 1.62. The summed E-state index contributed by atoms with van der Waals surface area (Å²) in [6.07, 6.45) is 2.07. The summed E-state index contributed by atoms with van der Waals surface area (Å²) in [4.78, 5) is 20.9. The number of nitrogens with zero attached hydrogens (tertiary/aromatic N) is 2. The van der Waals surface area contributed by atoms with Crippen LogP contribution in [0.1, 0.15) is 24.0 Å². The molecule has 3 rings (SSSR count). The largest absolute Gasteiger partial charge is 0.411 e. The third kappa shape index (κ3) is 8.48. The maximum absolute atomic E-state index is 10.4. The number of benzene rings is 2. The van der Waals surface area contributed by atoms with E-state index in [1.165, 1.54) is 6.21 Å². The van der Waals surface area contributed by atoms with Gasteiger partial charge in [-0.1, -0.05) is 82.6 Å². The molecule has 1 saturated carbocycles. The minimum atomic E-state index is -0.824. The van der Waals surface area contributed by atoms with Crippen LogP contribution in [0.5, 0.6) is 0 Å². The summed E-state index contributed by atoms with van der Waals surface area (Å²) < 4.78 is 0. The highest BCUT2D eigenvalue weighted by molar-refractivity contribution is 6.69. The van der Waals surface area contributed by atoms with Crippen LogP contribution in [0, 0.1) is 0 Å². The van der Waals surface area contributed by atoms with Gasteiger partial charge in [-0.25, -0.2) is 0 Å². The first-order valence-corrected chi connectivity index (χ1v) is 8.66. The predicted octanol–water partition coefficient (Wildman–Crippen LogP) is 4.08. The van der Waals surface area contributed by atoms with Gasteiger partial charge in [-0.05, 0) is 5.56 Å². The zero-order valence-corrected chi connectivity index (χ0v) is 15.7. The zero-order chi connectivity index (χ0) is 20.1. The standard InChI is InChI=1S/C7H6ClNO.C7H7NO.C5H5ClO2/c8-7(9-10)6-4-2-1-3-5-6;9-8-6-7-4-2-1-3-5-7;6-5-3(7)1-2-4(5)8/h1-5,10H;1-6,9H;5H,1-2H2/b9-7-;8-6+;. The van der Waals surface area contributed by atoms with Crippen LogP contribution in [0.3, 0.4) is 0 Å². The number of alkyl halides is 1. The average Bonchev–Trinajstić information content (AvgIpc) is 3.01. The molecule has 0 heterocycles. The summed E-state index contributed by atoms with van der Waals surface area (Å²) in [5.74, 6) is -0.256. The first kappa shape index (κ1) is 22.3. The van der Waals surface area contributed by atoms with Gasteiger partial charge in [0.2, 0.25) is 0 Å². The second kappa shape index (κ2) is 12.6. The number of ketones is 2. The molecule has 2 N–H and O–H groups in total. The van der Waals surface area contributed by atoms with Gasteiger partial charge in [-0.2, -0.15) is 0 Å². The van der Waals surface area contributed by atoms with E-state index in [4.69, 9.17) is 33.6 Å². The van der Waals surface area contributed by atoms with E-state index >= 15 is 0 Å². The van der Waals surface area contributed by atoms with Gasteiger partial charge in [0.25, 0.3) is 0 Å². The van der Waals surface area contributed by atoms with Crippen LogP contribution in [0.4, 0.5) is 0 Å². The molecule has 0 aromatic heterocycles. The van der Waals surface area contributed by atoms with E-state index in [1.54, 1.807) is 12.1 Å². The second-order valence-electron chi connectivity index (χ2n) is 5.21. The normalized spacial score (nSPS) is 14.4. The molecular formula is C19H18Cl2N2O4. The molecule has 8 heteroatoms. The molecule has 0 atom stereocenters. The second-order valence-corrected chi connectivity index (χ2v) is 6.00. The Bertz CT molecular complexity index is 765. The lowest BCUT2D eigenvalue weighted by Gasteiger charge is -1.91. The molecule has 1 aliphatic carbocycles. The summed E-state index contributed by atoms with van der Waals surface area (Å²) >= 11 is 10.8. The van der Waals surface area contributed by atoms with Crippen molar-refractivity contribution < 1.29 is 20.0 Å². The van der Waals surface area contributed by atoms with Crippen molar-refractivity contribution in [3.05, 3.63) is 71.8 Å². The van der Waals surface area contributed by atoms with Crippen molar-refractivity contribution in [2.45, 2.75) is 18.2 Å². The van der Waals surface area contributed by atoms with E-state index in [-0.39, 0.29) is 16.7 Å². The fourth-order valence-electron chi connectivity index (χ4n) is 1.92. The Morgan fingerprint density at radius 2 is 1.41 bits per heavy atom. The Morgan fingerprint density at radius 3 is 1.78 bits per heavy atom. The Balaban J connectivity index is 0.000000204. The van der Waals surface area contributed by atoms with E-state index in [1.807, 2.05) is 48.5 Å². The summed E-state index contributed by atoms with van der Waals surface area (Å²) in [6.45, 7) is 0. The van der Waals surface area contributed by atoms with Crippen LogP contribution in [0.15, 0.2) is 71.0 Å². The SMILES string of the molecule is O/N=C(\Cl)c1ccccc1.O/N=C/c1ccccc1.O=C1CCC(=O)C1Cl. The number of halogens is 2. The number of oxime groups is 2. The van der Waals surface area contributed by atoms with Gasteiger partial charge < -0.3 is 10.4 Å². The van der Waals surface area contributed by atoms with Crippen molar-refractivity contribution in [2.24, 2.45) is 10.3 Å². The lowest BCUT2D eigenvalue weighted by molar-refractivity contribution is -0.121. The van der Waals surface area contributed by atoms with Crippen molar-refractivity contribution >= 4 is 46.2 Å². The first-order valence-electron chi connectivity index (χ1n) is 7.84. The molecule has 1 aliphatic rings. The fourth-order valence-corrected chi connectivity index (χ4v) is 2.26. The smallest absolute Gasteiger partial charge is 0.175 e. The molecule has 142 valence electrons. The van der Waals surface area contributed by atoms with Gasteiger partial charge in [0.05, 0.1) is 6.21 Å². The van der Waals surface area contributed by atoms with Crippen LogP contribution < -0.4 is 0 Å². The summed E-state index contributed by atoms with van der Waals surface area (Å²) in [7, 11) is 0. The van der Waals surface area contributed by atoms with Crippen molar-refractivity contribution in [3.8, 4) is 0 Å². The molecule has 6 nitrogen and oxygen atoms in total. The predicted molar refractivity (Wildman–Crippen MR) is 105 cm³/mol. The molecule has 0 bridgehead atoms. The van der Waals surface area contributed by atoms with Gasteiger partial charge in [0, 0.05) is 18.4 Å². The maximum Gasteiger partial charge on any atom is 0.175 e. The number of hydrogen-bond acceptors (Lipinski definition) is 6. The van der Waals surface area contributed by atoms with Crippen LogP contribution in [-0.4, -0.2) is 38.7 Å². The first-order chi connectivity index (χ1) is 13.0. The number of carbonyl (C=O) groups is 2. The number of Topliss-reactive ketones (excluding diaryl/α,β-unsaturated/α-hetero) is 2. The van der Waals surface area contributed by atoms with E-state index in [0.717, 1.165) is 5.56 Å². The van der Waals surface area contributed by atoms with Gasteiger partial charge >= 0.3 is 0 Å². The van der Waals surface area contributed by atoms with Crippen molar-refractivity contribution in [1.82, 2.24) is 0 Å². The summed E-state index contributed by atoms with van der Waals surface area (Å²) in [6, 6.07) is 18.4. The maximum atomic E-state index is 10.4. The summed E-state index contributed by atoms with van der Waals surface area (Å²) in [5, 5.41) is 21.3. The van der Waals surface area contributed by atoms with E-state index in [2.05, 4.69) is 10.3 Å². The van der Waals surface area contributed by atoms with E-state index in [0.29, 0.717) is 18.4 Å². The van der Waals surface area contributed by atoms with E-state index in [9.17, 15) is 9.59 Å². The molecule has 0 aliphatic heterocycles. The molecule has 0 saturated heterocycles. The third-order valence-electron chi connectivity index (χ3n) is 3.29. The fraction of sp³-hybridized carbons (Fsp3) is 0.158. The molecular weight excluding hydrogens is 391 g/mol. The van der Waals surface area contributed by atoms with Crippen LogP contribution in [-0.2, 0) is 9.59 Å². The Morgan fingerprint density at radius 1 is 0.926 bits per heavy atom. The highest BCUT2D eigenvalue weighted by Crippen LogP contribution is 2.15. The topological polar surface area (TPSA) is 99.3 Å². The Labute approximate surface area is 166 Å². The number of hydrogen-bond donors (Lipinski definition) is 2. The van der Waals surface area contributed by atoms with Crippen LogP contribution in [0.25, 0.3) is 0 Å². The molecule has 2 aromatic carbocycles. The molecule has 2 aromatic rings. The third-order valence-corrected chi connectivity index (χ3v) is 4.07. The Hall–Kier alpha value is -2.70. The monoisotopic (exact) mass is 408 g/mol. The van der Waals surface area contributed by atoms with Crippen LogP contribution in [0.2, 0.25) is 0 Å². The van der Waals surface area contributed by atoms with Gasteiger partial charge in [-0.3, -0.25) is 9.59 Å². The van der Waals surface area contributed by atoms with Gasteiger partial charge in [-0.15, -0.1) is 11.6 Å². The molecule has 1 fully saturated rings.